The highest BCUT2D eigenvalue weighted by Crippen LogP contribution is 2.04. The number of nitrogens with zero attached hydrogens (tertiary/aromatic N) is 1. The average Bonchev–Trinajstić information content (AvgIpc) is 2.33. The molecule has 8 heteroatoms. The maximum atomic E-state index is 11.6. The highest BCUT2D eigenvalue weighted by Gasteiger charge is 2.19. The van der Waals surface area contributed by atoms with Crippen molar-refractivity contribution in [3.8, 4) is 0 Å². The van der Waals surface area contributed by atoms with E-state index in [9.17, 15) is 14.4 Å². The van der Waals surface area contributed by atoms with E-state index in [1.165, 1.54) is 12.3 Å². The summed E-state index contributed by atoms with van der Waals surface area (Å²) >= 11 is 3.17. The number of carboxylic acid groups (broad SMARTS) is 1. The van der Waals surface area contributed by atoms with Gasteiger partial charge in [0.2, 0.25) is 5.91 Å². The third kappa shape index (κ3) is 4.84. The predicted octanol–water partition coefficient (Wildman–Crippen LogP) is -0.437. The molecule has 1 aromatic heterocycles. The summed E-state index contributed by atoms with van der Waals surface area (Å²) < 4.78 is 1.78. The Balaban J connectivity index is 2.71. The van der Waals surface area contributed by atoms with Crippen LogP contribution in [0.4, 0.5) is 0 Å². The van der Waals surface area contributed by atoms with Crippen molar-refractivity contribution in [3.63, 3.8) is 0 Å². The second-order valence-electron chi connectivity index (χ2n) is 3.78. The summed E-state index contributed by atoms with van der Waals surface area (Å²) in [7, 11) is 0. The van der Waals surface area contributed by atoms with Gasteiger partial charge in [-0.3, -0.25) is 9.59 Å². The number of aromatic nitrogens is 1. The SMILES string of the molecule is O=C(Cn1cc(Br)ccc1=O)N[C@@H](CCO)C(=O)O. The van der Waals surface area contributed by atoms with Crippen molar-refractivity contribution in [3.05, 3.63) is 33.2 Å². The van der Waals surface area contributed by atoms with Crippen molar-refractivity contribution in [2.24, 2.45) is 0 Å². The van der Waals surface area contributed by atoms with Gasteiger partial charge in [0.05, 0.1) is 0 Å². The summed E-state index contributed by atoms with van der Waals surface area (Å²) in [5.41, 5.74) is -0.368. The van der Waals surface area contributed by atoms with E-state index in [1.54, 1.807) is 6.07 Å². The Bertz CT molecular complexity index is 528. The van der Waals surface area contributed by atoms with Crippen LogP contribution in [-0.4, -0.2) is 39.3 Å². The van der Waals surface area contributed by atoms with Crippen LogP contribution in [0.25, 0.3) is 0 Å². The lowest BCUT2D eigenvalue weighted by Crippen LogP contribution is -2.43. The molecule has 0 unspecified atom stereocenters. The quantitative estimate of drug-likeness (QED) is 0.654. The molecule has 1 aromatic rings. The zero-order chi connectivity index (χ0) is 14.4. The van der Waals surface area contributed by atoms with E-state index in [-0.39, 0.29) is 25.1 Å². The van der Waals surface area contributed by atoms with Crippen LogP contribution in [0.1, 0.15) is 6.42 Å². The van der Waals surface area contributed by atoms with Gasteiger partial charge in [-0.05, 0) is 22.0 Å². The molecule has 1 rings (SSSR count). The Morgan fingerprint density at radius 1 is 1.42 bits per heavy atom. The van der Waals surface area contributed by atoms with Crippen LogP contribution in [0, 0.1) is 0 Å². The molecule has 19 heavy (non-hydrogen) atoms. The van der Waals surface area contributed by atoms with E-state index in [0.717, 1.165) is 4.57 Å². The molecule has 0 aromatic carbocycles. The number of hydrogen-bond donors (Lipinski definition) is 3. The van der Waals surface area contributed by atoms with Crippen molar-refractivity contribution in [2.45, 2.75) is 19.0 Å². The Morgan fingerprint density at radius 2 is 2.11 bits per heavy atom. The number of aliphatic hydroxyl groups excluding tert-OH is 1. The standard InChI is InChI=1S/C11H13BrN2O5/c12-7-1-2-10(17)14(5-7)6-9(16)13-8(3-4-15)11(18)19/h1-2,5,8,15H,3-4,6H2,(H,13,16)(H,18,19)/t8-/m0/s1. The Labute approximate surface area is 117 Å². The Hall–Kier alpha value is -1.67. The van der Waals surface area contributed by atoms with E-state index in [0.29, 0.717) is 4.47 Å². The molecule has 1 heterocycles. The van der Waals surface area contributed by atoms with E-state index < -0.39 is 17.9 Å². The summed E-state index contributed by atoms with van der Waals surface area (Å²) in [6.07, 6.45) is 1.35. The number of rotatable bonds is 6. The van der Waals surface area contributed by atoms with Crippen LogP contribution in [0.5, 0.6) is 0 Å². The molecule has 1 amide bonds. The number of aliphatic hydroxyl groups is 1. The van der Waals surface area contributed by atoms with E-state index in [2.05, 4.69) is 21.2 Å². The normalized spacial score (nSPS) is 11.9. The summed E-state index contributed by atoms with van der Waals surface area (Å²) in [5.74, 6) is -1.84. The van der Waals surface area contributed by atoms with Gasteiger partial charge >= 0.3 is 5.97 Å². The number of hydrogen-bond acceptors (Lipinski definition) is 4. The molecule has 0 aliphatic heterocycles. The molecular formula is C11H13BrN2O5. The minimum atomic E-state index is -1.23. The van der Waals surface area contributed by atoms with Crippen LogP contribution in [0.3, 0.4) is 0 Å². The first-order chi connectivity index (χ1) is 8.93. The third-order valence-corrected chi connectivity index (χ3v) is 2.78. The summed E-state index contributed by atoms with van der Waals surface area (Å²) in [5, 5.41) is 19.7. The molecule has 0 bridgehead atoms. The van der Waals surface area contributed by atoms with Crippen LogP contribution < -0.4 is 10.9 Å². The second-order valence-corrected chi connectivity index (χ2v) is 4.70. The molecule has 0 fully saturated rings. The fraction of sp³-hybridized carbons (Fsp3) is 0.364. The average molecular weight is 333 g/mol. The first kappa shape index (κ1) is 15.4. The van der Waals surface area contributed by atoms with E-state index >= 15 is 0 Å². The summed E-state index contributed by atoms with van der Waals surface area (Å²) in [6, 6.07) is 1.67. The molecule has 7 nitrogen and oxygen atoms in total. The number of nitrogens with one attached hydrogen (secondary N) is 1. The Kier molecular flexibility index (Phi) is 5.71. The topological polar surface area (TPSA) is 109 Å². The summed E-state index contributed by atoms with van der Waals surface area (Å²) in [6.45, 7) is -0.637. The van der Waals surface area contributed by atoms with Crippen LogP contribution in [-0.2, 0) is 16.1 Å². The van der Waals surface area contributed by atoms with Crippen LogP contribution in [0.15, 0.2) is 27.6 Å². The molecule has 0 saturated heterocycles. The van der Waals surface area contributed by atoms with Gasteiger partial charge in [0, 0.05) is 29.8 Å². The predicted molar refractivity (Wildman–Crippen MR) is 69.7 cm³/mol. The van der Waals surface area contributed by atoms with Gasteiger partial charge in [-0.2, -0.15) is 0 Å². The van der Waals surface area contributed by atoms with Gasteiger partial charge in [-0.1, -0.05) is 0 Å². The van der Waals surface area contributed by atoms with Gasteiger partial charge in [-0.25, -0.2) is 4.79 Å². The molecule has 0 spiro atoms. The smallest absolute Gasteiger partial charge is 0.326 e. The number of aliphatic carboxylic acids is 1. The van der Waals surface area contributed by atoms with Gasteiger partial charge in [-0.15, -0.1) is 0 Å². The first-order valence-corrected chi connectivity index (χ1v) is 6.22. The molecule has 0 radical (unpaired) electrons. The monoisotopic (exact) mass is 332 g/mol. The number of amides is 1. The zero-order valence-corrected chi connectivity index (χ0v) is 11.5. The highest BCUT2D eigenvalue weighted by atomic mass is 79.9. The third-order valence-electron chi connectivity index (χ3n) is 2.31. The van der Waals surface area contributed by atoms with Crippen molar-refractivity contribution >= 4 is 27.8 Å². The molecule has 1 atom stereocenters. The molecule has 0 saturated carbocycles. The largest absolute Gasteiger partial charge is 0.480 e. The van der Waals surface area contributed by atoms with Gasteiger partial charge in [0.25, 0.3) is 5.56 Å². The van der Waals surface area contributed by atoms with Gasteiger partial charge in [0.15, 0.2) is 0 Å². The fourth-order valence-corrected chi connectivity index (χ4v) is 1.79. The lowest BCUT2D eigenvalue weighted by Gasteiger charge is -2.13. The number of carboxylic acids is 1. The van der Waals surface area contributed by atoms with Crippen molar-refractivity contribution in [1.82, 2.24) is 9.88 Å². The highest BCUT2D eigenvalue weighted by molar-refractivity contribution is 9.10. The maximum Gasteiger partial charge on any atom is 0.326 e. The summed E-state index contributed by atoms with van der Waals surface area (Å²) in [4.78, 5) is 33.9. The Morgan fingerprint density at radius 3 is 2.68 bits per heavy atom. The maximum absolute atomic E-state index is 11.6. The molecule has 0 aliphatic rings. The number of carbonyl (C=O) groups excluding carboxylic acids is 1. The van der Waals surface area contributed by atoms with E-state index in [1.807, 2.05) is 0 Å². The van der Waals surface area contributed by atoms with Crippen molar-refractivity contribution in [1.29, 1.82) is 0 Å². The molecular weight excluding hydrogens is 320 g/mol. The van der Waals surface area contributed by atoms with Crippen LogP contribution >= 0.6 is 15.9 Å². The number of carbonyl (C=O) groups is 2. The fourth-order valence-electron chi connectivity index (χ4n) is 1.41. The lowest BCUT2D eigenvalue weighted by atomic mass is 10.2. The number of pyridine rings is 1. The minimum Gasteiger partial charge on any atom is -0.480 e. The minimum absolute atomic E-state index is 0.0888. The van der Waals surface area contributed by atoms with Crippen molar-refractivity contribution < 1.29 is 19.8 Å². The first-order valence-electron chi connectivity index (χ1n) is 5.43. The van der Waals surface area contributed by atoms with E-state index in [4.69, 9.17) is 10.2 Å². The molecule has 0 aliphatic carbocycles. The van der Waals surface area contributed by atoms with Gasteiger partial charge < -0.3 is 20.1 Å². The zero-order valence-electron chi connectivity index (χ0n) is 9.88. The lowest BCUT2D eigenvalue weighted by molar-refractivity contribution is -0.142. The van der Waals surface area contributed by atoms with Gasteiger partial charge in [0.1, 0.15) is 12.6 Å². The molecule has 3 N–H and O–H groups in total. The second kappa shape index (κ2) is 7.05. The molecule has 104 valence electrons. The van der Waals surface area contributed by atoms with Crippen LogP contribution in [0.2, 0.25) is 0 Å². The van der Waals surface area contributed by atoms with Crippen molar-refractivity contribution in [2.75, 3.05) is 6.61 Å². The number of halogens is 1.